The van der Waals surface area contributed by atoms with Gasteiger partial charge in [-0.05, 0) is 84.8 Å². The van der Waals surface area contributed by atoms with Crippen LogP contribution < -0.4 is 0 Å². The highest BCUT2D eigenvalue weighted by atomic mass is 16.6. The van der Waals surface area contributed by atoms with E-state index < -0.39 is 34.2 Å². The van der Waals surface area contributed by atoms with E-state index in [2.05, 4.69) is 48.5 Å². The third-order valence-electron chi connectivity index (χ3n) is 8.61. The van der Waals surface area contributed by atoms with Gasteiger partial charge in [0.1, 0.15) is 13.2 Å². The standard InChI is InChI=1S/C35H42O7/c1-8-34(4,22-35(5,32(38)41-19-18-39-6)21-33(2,3)30(36)40-7)31(37)42-20-26-15-14-25-13-12-23-10-9-11-24-16-17-27(26)29(25)28(23)24/h9-17H,8,18-22H2,1-7H3. The topological polar surface area (TPSA) is 88.1 Å². The molecular formula is C35H42O7. The lowest BCUT2D eigenvalue weighted by Crippen LogP contribution is -2.44. The fourth-order valence-electron chi connectivity index (χ4n) is 6.36. The summed E-state index contributed by atoms with van der Waals surface area (Å²) in [7, 11) is 2.85. The molecule has 0 N–H and O–H groups in total. The van der Waals surface area contributed by atoms with Crippen molar-refractivity contribution < 1.29 is 33.3 Å². The Labute approximate surface area is 247 Å². The van der Waals surface area contributed by atoms with Gasteiger partial charge in [0.25, 0.3) is 0 Å². The fourth-order valence-corrected chi connectivity index (χ4v) is 6.36. The minimum Gasteiger partial charge on any atom is -0.469 e. The molecule has 42 heavy (non-hydrogen) atoms. The van der Waals surface area contributed by atoms with Crippen molar-refractivity contribution in [2.24, 2.45) is 16.2 Å². The molecule has 0 amide bonds. The molecule has 0 aliphatic rings. The molecule has 4 rings (SSSR count). The highest BCUT2D eigenvalue weighted by Gasteiger charge is 2.49. The van der Waals surface area contributed by atoms with Crippen molar-refractivity contribution in [1.29, 1.82) is 0 Å². The molecule has 2 unspecified atom stereocenters. The molecule has 0 spiro atoms. The molecule has 224 valence electrons. The lowest BCUT2D eigenvalue weighted by molar-refractivity contribution is -0.169. The number of ether oxygens (including phenoxy) is 4. The van der Waals surface area contributed by atoms with Gasteiger partial charge in [0.2, 0.25) is 0 Å². The second-order valence-corrected chi connectivity index (χ2v) is 12.5. The van der Waals surface area contributed by atoms with E-state index >= 15 is 0 Å². The highest BCUT2D eigenvalue weighted by molar-refractivity contribution is 6.23. The van der Waals surface area contributed by atoms with E-state index in [-0.39, 0.29) is 32.7 Å². The summed E-state index contributed by atoms with van der Waals surface area (Å²) in [6, 6.07) is 18.8. The molecule has 7 nitrogen and oxygen atoms in total. The molecule has 0 aliphatic carbocycles. The molecule has 4 aromatic rings. The second kappa shape index (κ2) is 12.3. The normalized spacial score (nSPS) is 14.9. The van der Waals surface area contributed by atoms with Gasteiger partial charge in [-0.15, -0.1) is 0 Å². The molecule has 7 heteroatoms. The smallest absolute Gasteiger partial charge is 0.312 e. The van der Waals surface area contributed by atoms with Gasteiger partial charge in [0.15, 0.2) is 0 Å². The van der Waals surface area contributed by atoms with Crippen LogP contribution in [-0.4, -0.2) is 45.3 Å². The van der Waals surface area contributed by atoms with Crippen molar-refractivity contribution in [3.05, 3.63) is 60.2 Å². The van der Waals surface area contributed by atoms with Crippen molar-refractivity contribution in [2.75, 3.05) is 27.4 Å². The van der Waals surface area contributed by atoms with Gasteiger partial charge in [-0.3, -0.25) is 14.4 Å². The molecule has 0 saturated carbocycles. The Kier molecular flexibility index (Phi) is 9.12. The van der Waals surface area contributed by atoms with Crippen molar-refractivity contribution in [2.45, 2.75) is 60.5 Å². The molecule has 0 fully saturated rings. The summed E-state index contributed by atoms with van der Waals surface area (Å²) in [5.41, 5.74) is -2.24. The predicted molar refractivity (Wildman–Crippen MR) is 164 cm³/mol. The van der Waals surface area contributed by atoms with Gasteiger partial charge in [0.05, 0.1) is 30.0 Å². The molecule has 0 bridgehead atoms. The Bertz CT molecular complexity index is 1570. The van der Waals surface area contributed by atoms with Crippen LogP contribution in [0.3, 0.4) is 0 Å². The number of benzene rings is 4. The van der Waals surface area contributed by atoms with E-state index in [1.807, 2.05) is 19.9 Å². The molecular weight excluding hydrogens is 532 g/mol. The number of hydrogen-bond donors (Lipinski definition) is 0. The van der Waals surface area contributed by atoms with E-state index in [4.69, 9.17) is 18.9 Å². The zero-order valence-electron chi connectivity index (χ0n) is 25.8. The van der Waals surface area contributed by atoms with Crippen LogP contribution in [0, 0.1) is 16.2 Å². The van der Waals surface area contributed by atoms with Crippen molar-refractivity contribution in [3.8, 4) is 0 Å². The first-order valence-electron chi connectivity index (χ1n) is 14.5. The van der Waals surface area contributed by atoms with Gasteiger partial charge in [-0.25, -0.2) is 0 Å². The van der Waals surface area contributed by atoms with E-state index in [1.54, 1.807) is 20.8 Å². The molecule has 2 atom stereocenters. The number of esters is 3. The summed E-state index contributed by atoms with van der Waals surface area (Å²) in [5, 5.41) is 6.89. The maximum absolute atomic E-state index is 13.8. The van der Waals surface area contributed by atoms with Crippen molar-refractivity contribution in [3.63, 3.8) is 0 Å². The summed E-state index contributed by atoms with van der Waals surface area (Å²) >= 11 is 0. The minimum atomic E-state index is -1.16. The van der Waals surface area contributed by atoms with Gasteiger partial charge < -0.3 is 18.9 Å². The maximum atomic E-state index is 13.8. The Morgan fingerprint density at radius 3 is 1.88 bits per heavy atom. The van der Waals surface area contributed by atoms with Crippen molar-refractivity contribution >= 4 is 50.2 Å². The predicted octanol–water partition coefficient (Wildman–Crippen LogP) is 7.22. The summed E-state index contributed by atoms with van der Waals surface area (Å²) < 4.78 is 21.6. The largest absolute Gasteiger partial charge is 0.469 e. The first-order chi connectivity index (χ1) is 19.9. The van der Waals surface area contributed by atoms with Crippen LogP contribution in [0.1, 0.15) is 59.4 Å². The van der Waals surface area contributed by atoms with E-state index in [9.17, 15) is 14.4 Å². The van der Waals surface area contributed by atoms with Crippen LogP contribution in [0.4, 0.5) is 0 Å². The van der Waals surface area contributed by atoms with E-state index in [1.165, 1.54) is 30.4 Å². The van der Waals surface area contributed by atoms with Crippen LogP contribution in [0.25, 0.3) is 32.3 Å². The van der Waals surface area contributed by atoms with Gasteiger partial charge in [-0.1, -0.05) is 61.5 Å². The van der Waals surface area contributed by atoms with Crippen LogP contribution in [0.5, 0.6) is 0 Å². The maximum Gasteiger partial charge on any atom is 0.312 e. The molecule has 0 heterocycles. The molecule has 0 aromatic heterocycles. The van der Waals surface area contributed by atoms with Gasteiger partial charge in [-0.2, -0.15) is 0 Å². The number of carbonyl (C=O) groups is 3. The average molecular weight is 575 g/mol. The lowest BCUT2D eigenvalue weighted by Gasteiger charge is -2.39. The number of hydrogen-bond acceptors (Lipinski definition) is 7. The van der Waals surface area contributed by atoms with Gasteiger partial charge in [0, 0.05) is 7.11 Å². The average Bonchev–Trinajstić information content (AvgIpc) is 2.98. The summed E-state index contributed by atoms with van der Waals surface area (Å²) in [5.74, 6) is -1.33. The number of carbonyl (C=O) groups excluding carboxylic acids is 3. The zero-order valence-corrected chi connectivity index (χ0v) is 25.8. The summed E-state index contributed by atoms with van der Waals surface area (Å²) in [6.07, 6.45) is 0.709. The van der Waals surface area contributed by atoms with Crippen LogP contribution in [0.15, 0.2) is 54.6 Å². The van der Waals surface area contributed by atoms with Crippen molar-refractivity contribution in [1.82, 2.24) is 0 Å². The number of rotatable bonds is 13. The quantitative estimate of drug-likeness (QED) is 0.0721. The zero-order chi connectivity index (χ0) is 30.7. The Balaban J connectivity index is 1.60. The summed E-state index contributed by atoms with van der Waals surface area (Å²) in [4.78, 5) is 39.8. The molecule has 0 aliphatic heterocycles. The molecule has 0 saturated heterocycles. The SMILES string of the molecule is CCC(C)(CC(C)(CC(C)(C)C(=O)OC)C(=O)OCCOC)C(=O)OCc1ccc2ccc3cccc4ccc1c2c34. The number of methoxy groups -OCH3 is 2. The third-order valence-corrected chi connectivity index (χ3v) is 8.61. The lowest BCUT2D eigenvalue weighted by atomic mass is 9.65. The van der Waals surface area contributed by atoms with E-state index in [0.29, 0.717) is 6.42 Å². The van der Waals surface area contributed by atoms with Crippen LogP contribution in [-0.2, 0) is 39.9 Å². The Hall–Kier alpha value is -3.71. The first-order valence-corrected chi connectivity index (χ1v) is 14.5. The molecule has 4 aromatic carbocycles. The Morgan fingerprint density at radius 1 is 0.667 bits per heavy atom. The third kappa shape index (κ3) is 6.07. The Morgan fingerprint density at radius 2 is 1.26 bits per heavy atom. The fraction of sp³-hybridized carbons (Fsp3) is 0.457. The van der Waals surface area contributed by atoms with Gasteiger partial charge >= 0.3 is 17.9 Å². The monoisotopic (exact) mass is 574 g/mol. The van der Waals surface area contributed by atoms with Crippen LogP contribution in [0.2, 0.25) is 0 Å². The first kappa shape index (κ1) is 31.2. The summed E-state index contributed by atoms with van der Waals surface area (Å²) in [6.45, 7) is 9.34. The van der Waals surface area contributed by atoms with E-state index in [0.717, 1.165) is 21.7 Å². The second-order valence-electron chi connectivity index (χ2n) is 12.5. The molecule has 0 radical (unpaired) electrons. The minimum absolute atomic E-state index is 0.0749. The highest BCUT2D eigenvalue weighted by Crippen LogP contribution is 2.46. The van der Waals surface area contributed by atoms with Crippen LogP contribution >= 0.6 is 0 Å².